The molecule has 1 aromatic heterocycles. The zero-order chi connectivity index (χ0) is 18.1. The maximum atomic E-state index is 12.4. The second-order valence-electron chi connectivity index (χ2n) is 6.88. The fraction of sp³-hybridized carbons (Fsp3) is 0.632. The Bertz CT molecular complexity index is 597. The van der Waals surface area contributed by atoms with E-state index in [0.717, 1.165) is 25.9 Å². The maximum absolute atomic E-state index is 12.4. The third-order valence-corrected chi connectivity index (χ3v) is 4.28. The molecule has 2 N–H and O–H groups in total. The number of carbonyl (C=O) groups excluding carboxylic acids is 1. The van der Waals surface area contributed by atoms with E-state index in [0.29, 0.717) is 23.9 Å². The summed E-state index contributed by atoms with van der Waals surface area (Å²) in [6, 6.07) is 1.73. The number of anilines is 1. The summed E-state index contributed by atoms with van der Waals surface area (Å²) in [5, 5.41) is 6.26. The van der Waals surface area contributed by atoms with Gasteiger partial charge in [0.15, 0.2) is 0 Å². The number of nitrogens with zero attached hydrogens (tertiary/aromatic N) is 3. The SMILES string of the molecule is Cc1nc(NCCCN(C)C)cc(C(=O)NCCC2=CCCCC2)n1. The molecule has 6 nitrogen and oxygen atoms in total. The minimum atomic E-state index is -0.127. The van der Waals surface area contributed by atoms with Crippen LogP contribution >= 0.6 is 0 Å². The third kappa shape index (κ3) is 7.22. The summed E-state index contributed by atoms with van der Waals surface area (Å²) in [6.07, 6.45) is 9.19. The van der Waals surface area contributed by atoms with Crippen LogP contribution in [0.2, 0.25) is 0 Å². The molecular weight excluding hydrogens is 314 g/mol. The Morgan fingerprint density at radius 2 is 2.08 bits per heavy atom. The first-order valence-corrected chi connectivity index (χ1v) is 9.25. The minimum absolute atomic E-state index is 0.127. The molecule has 0 saturated carbocycles. The Kier molecular flexibility index (Phi) is 7.85. The Hall–Kier alpha value is -1.95. The van der Waals surface area contributed by atoms with E-state index < -0.39 is 0 Å². The van der Waals surface area contributed by atoms with Gasteiger partial charge in [-0.25, -0.2) is 9.97 Å². The quantitative estimate of drug-likeness (QED) is 0.532. The minimum Gasteiger partial charge on any atom is -0.370 e. The van der Waals surface area contributed by atoms with Gasteiger partial charge in [-0.3, -0.25) is 4.79 Å². The highest BCUT2D eigenvalue weighted by molar-refractivity contribution is 5.92. The van der Waals surface area contributed by atoms with Gasteiger partial charge in [-0.05, 0) is 66.1 Å². The Morgan fingerprint density at radius 3 is 2.80 bits per heavy atom. The first-order valence-electron chi connectivity index (χ1n) is 9.25. The lowest BCUT2D eigenvalue weighted by molar-refractivity contribution is 0.0948. The fourth-order valence-corrected chi connectivity index (χ4v) is 2.95. The normalized spacial score (nSPS) is 14.3. The number of amides is 1. The predicted molar refractivity (Wildman–Crippen MR) is 102 cm³/mol. The van der Waals surface area contributed by atoms with E-state index in [2.05, 4.69) is 45.7 Å². The van der Waals surface area contributed by atoms with Crippen LogP contribution < -0.4 is 10.6 Å². The molecule has 1 amide bonds. The van der Waals surface area contributed by atoms with E-state index in [1.807, 2.05) is 6.92 Å². The molecule has 0 aromatic carbocycles. The molecule has 0 saturated heterocycles. The summed E-state index contributed by atoms with van der Waals surface area (Å²) in [5.41, 5.74) is 1.90. The fourth-order valence-electron chi connectivity index (χ4n) is 2.95. The summed E-state index contributed by atoms with van der Waals surface area (Å²) >= 11 is 0. The number of carbonyl (C=O) groups is 1. The van der Waals surface area contributed by atoms with Crippen molar-refractivity contribution < 1.29 is 4.79 Å². The number of aromatic nitrogens is 2. The molecule has 6 heteroatoms. The molecule has 0 fully saturated rings. The highest BCUT2D eigenvalue weighted by atomic mass is 16.1. The highest BCUT2D eigenvalue weighted by Gasteiger charge is 2.11. The number of rotatable bonds is 9. The number of nitrogens with one attached hydrogen (secondary N) is 2. The predicted octanol–water partition coefficient (Wildman–Crippen LogP) is 2.77. The van der Waals surface area contributed by atoms with Crippen molar-refractivity contribution in [2.45, 2.75) is 45.4 Å². The van der Waals surface area contributed by atoms with Crippen LogP contribution in [0.5, 0.6) is 0 Å². The van der Waals surface area contributed by atoms with E-state index in [-0.39, 0.29) is 5.91 Å². The van der Waals surface area contributed by atoms with Crippen LogP contribution in [0.3, 0.4) is 0 Å². The van der Waals surface area contributed by atoms with Crippen LogP contribution in [0.25, 0.3) is 0 Å². The van der Waals surface area contributed by atoms with Crippen molar-refractivity contribution in [3.63, 3.8) is 0 Å². The largest absolute Gasteiger partial charge is 0.370 e. The Labute approximate surface area is 151 Å². The lowest BCUT2D eigenvalue weighted by Crippen LogP contribution is -2.26. The molecule has 1 heterocycles. The van der Waals surface area contributed by atoms with Crippen molar-refractivity contribution >= 4 is 11.7 Å². The van der Waals surface area contributed by atoms with Gasteiger partial charge in [-0.1, -0.05) is 11.6 Å². The standard InChI is InChI=1S/C19H31N5O/c1-15-22-17(14-18(23-15)20-11-7-13-24(2)3)19(25)21-12-10-16-8-5-4-6-9-16/h8,14H,4-7,9-13H2,1-3H3,(H,21,25)(H,20,22,23). The molecule has 0 spiro atoms. The molecular formula is C19H31N5O. The Balaban J connectivity index is 1.82. The Morgan fingerprint density at radius 1 is 1.24 bits per heavy atom. The van der Waals surface area contributed by atoms with Crippen molar-refractivity contribution in [3.05, 3.63) is 29.2 Å². The molecule has 1 aromatic rings. The van der Waals surface area contributed by atoms with Gasteiger partial charge >= 0.3 is 0 Å². The van der Waals surface area contributed by atoms with Gasteiger partial charge in [0, 0.05) is 19.2 Å². The molecule has 0 unspecified atom stereocenters. The second-order valence-corrected chi connectivity index (χ2v) is 6.88. The lowest BCUT2D eigenvalue weighted by Gasteiger charge is -2.13. The molecule has 138 valence electrons. The van der Waals surface area contributed by atoms with E-state index >= 15 is 0 Å². The van der Waals surface area contributed by atoms with E-state index in [1.165, 1.54) is 31.3 Å². The second kappa shape index (κ2) is 10.1. The van der Waals surface area contributed by atoms with Gasteiger partial charge < -0.3 is 15.5 Å². The summed E-state index contributed by atoms with van der Waals surface area (Å²) in [6.45, 7) is 4.32. The number of hydrogen-bond donors (Lipinski definition) is 2. The van der Waals surface area contributed by atoms with Crippen molar-refractivity contribution in [1.82, 2.24) is 20.2 Å². The molecule has 0 bridgehead atoms. The van der Waals surface area contributed by atoms with Crippen LogP contribution in [-0.2, 0) is 0 Å². The van der Waals surface area contributed by atoms with Gasteiger partial charge in [0.1, 0.15) is 17.3 Å². The summed E-state index contributed by atoms with van der Waals surface area (Å²) < 4.78 is 0. The van der Waals surface area contributed by atoms with Gasteiger partial charge in [-0.2, -0.15) is 0 Å². The first-order chi connectivity index (χ1) is 12.0. The zero-order valence-electron chi connectivity index (χ0n) is 15.8. The zero-order valence-corrected chi connectivity index (χ0v) is 15.8. The average Bonchev–Trinajstić information content (AvgIpc) is 2.59. The van der Waals surface area contributed by atoms with Crippen molar-refractivity contribution in [3.8, 4) is 0 Å². The summed E-state index contributed by atoms with van der Waals surface area (Å²) in [5.74, 6) is 1.20. The maximum Gasteiger partial charge on any atom is 0.270 e. The highest BCUT2D eigenvalue weighted by Crippen LogP contribution is 2.19. The molecule has 0 radical (unpaired) electrons. The molecule has 1 aliphatic rings. The first kappa shape index (κ1) is 19.4. The van der Waals surface area contributed by atoms with Crippen molar-refractivity contribution in [1.29, 1.82) is 0 Å². The van der Waals surface area contributed by atoms with E-state index in [4.69, 9.17) is 0 Å². The van der Waals surface area contributed by atoms with Crippen LogP contribution in [0.15, 0.2) is 17.7 Å². The summed E-state index contributed by atoms with van der Waals surface area (Å²) in [4.78, 5) is 23.1. The van der Waals surface area contributed by atoms with Crippen molar-refractivity contribution in [2.24, 2.45) is 0 Å². The molecule has 25 heavy (non-hydrogen) atoms. The van der Waals surface area contributed by atoms with Gasteiger partial charge in [0.2, 0.25) is 0 Å². The van der Waals surface area contributed by atoms with E-state index in [1.54, 1.807) is 6.07 Å². The topological polar surface area (TPSA) is 70.2 Å². The molecule has 0 atom stereocenters. The number of aryl methyl sites for hydroxylation is 1. The third-order valence-electron chi connectivity index (χ3n) is 4.28. The van der Waals surface area contributed by atoms with Crippen molar-refractivity contribution in [2.75, 3.05) is 39.0 Å². The van der Waals surface area contributed by atoms with Crippen LogP contribution in [0.4, 0.5) is 5.82 Å². The number of allylic oxidation sites excluding steroid dienone is 1. The average molecular weight is 345 g/mol. The van der Waals surface area contributed by atoms with Gasteiger partial charge in [0.05, 0.1) is 0 Å². The monoisotopic (exact) mass is 345 g/mol. The number of hydrogen-bond acceptors (Lipinski definition) is 5. The van der Waals surface area contributed by atoms with Gasteiger partial charge in [-0.15, -0.1) is 0 Å². The van der Waals surface area contributed by atoms with Crippen LogP contribution in [0.1, 0.15) is 54.8 Å². The lowest BCUT2D eigenvalue weighted by atomic mass is 9.97. The molecule has 0 aliphatic heterocycles. The van der Waals surface area contributed by atoms with Crippen LogP contribution in [0, 0.1) is 6.92 Å². The molecule has 1 aliphatic carbocycles. The molecule has 2 rings (SSSR count). The van der Waals surface area contributed by atoms with E-state index in [9.17, 15) is 4.79 Å². The van der Waals surface area contributed by atoms with Gasteiger partial charge in [0.25, 0.3) is 5.91 Å². The smallest absolute Gasteiger partial charge is 0.270 e. The summed E-state index contributed by atoms with van der Waals surface area (Å²) in [7, 11) is 4.11. The van der Waals surface area contributed by atoms with Crippen LogP contribution in [-0.4, -0.2) is 54.5 Å².